The van der Waals surface area contributed by atoms with E-state index in [0.29, 0.717) is 31.9 Å². The van der Waals surface area contributed by atoms with Gasteiger partial charge in [-0.2, -0.15) is 18.3 Å². The normalized spacial score (nSPS) is 14.7. The van der Waals surface area contributed by atoms with E-state index in [0.717, 1.165) is 12.3 Å². The van der Waals surface area contributed by atoms with Crippen LogP contribution >= 0.6 is 11.6 Å². The summed E-state index contributed by atoms with van der Waals surface area (Å²) in [6.45, 7) is 2.55. The Kier molecular flexibility index (Phi) is 6.20. The fourth-order valence-electron chi connectivity index (χ4n) is 2.98. The number of halogens is 4. The Morgan fingerprint density at radius 2 is 1.87 bits per heavy atom. The molecule has 0 spiro atoms. The zero-order chi connectivity index (χ0) is 22.1. The number of nitrogens with zero attached hydrogens (tertiary/aromatic N) is 5. The quantitative estimate of drug-likeness (QED) is 0.672. The molecule has 3 rings (SSSR count). The fraction of sp³-hybridized carbons (Fsp3) is 0.444. The first kappa shape index (κ1) is 21.9. The highest BCUT2D eigenvalue weighted by Crippen LogP contribution is 2.33. The molecule has 0 saturated carbocycles. The molecule has 0 N–H and O–H groups in total. The van der Waals surface area contributed by atoms with Gasteiger partial charge in [0.05, 0.1) is 16.8 Å². The zero-order valence-electron chi connectivity index (χ0n) is 16.2. The molecule has 0 bridgehead atoms. The summed E-state index contributed by atoms with van der Waals surface area (Å²) in [4.78, 5) is 31.5. The molecule has 3 heterocycles. The Morgan fingerprint density at radius 1 is 1.20 bits per heavy atom. The van der Waals surface area contributed by atoms with Crippen LogP contribution in [0, 0.1) is 6.92 Å². The largest absolute Gasteiger partial charge is 0.452 e. The first-order valence-electron chi connectivity index (χ1n) is 8.99. The molecular weight excluding hydrogens is 427 g/mol. The molecule has 0 atom stereocenters. The number of pyridine rings is 1. The highest BCUT2D eigenvalue weighted by molar-refractivity contribution is 6.33. The maximum atomic E-state index is 12.7. The Balaban J connectivity index is 1.53. The van der Waals surface area contributed by atoms with Crippen molar-refractivity contribution in [3.63, 3.8) is 0 Å². The number of rotatable bonds is 4. The molecule has 1 aliphatic heterocycles. The summed E-state index contributed by atoms with van der Waals surface area (Å²) in [5.74, 6) is -0.764. The molecule has 2 aromatic rings. The number of hydrogen-bond donors (Lipinski definition) is 0. The molecule has 8 nitrogen and oxygen atoms in total. The summed E-state index contributed by atoms with van der Waals surface area (Å²) in [6.07, 6.45) is -2.41. The highest BCUT2D eigenvalue weighted by atomic mass is 35.5. The summed E-state index contributed by atoms with van der Waals surface area (Å²) in [6, 6.07) is 0.835. The predicted molar refractivity (Wildman–Crippen MR) is 101 cm³/mol. The van der Waals surface area contributed by atoms with Crippen LogP contribution < -0.4 is 4.90 Å². The summed E-state index contributed by atoms with van der Waals surface area (Å²) < 4.78 is 44.8. The van der Waals surface area contributed by atoms with Gasteiger partial charge in [-0.25, -0.2) is 9.78 Å². The molecule has 1 fully saturated rings. The monoisotopic (exact) mass is 445 g/mol. The van der Waals surface area contributed by atoms with E-state index in [2.05, 4.69) is 10.1 Å². The SMILES string of the molecule is Cc1c(C(=O)OCC(=O)N2CCN(c3ncc(C(F)(F)F)cc3Cl)CC2)cnn1C. The number of aryl methyl sites for hydroxylation is 1. The topological polar surface area (TPSA) is 80.6 Å². The molecule has 12 heteroatoms. The van der Waals surface area contributed by atoms with Crippen molar-refractivity contribution < 1.29 is 27.5 Å². The molecule has 1 saturated heterocycles. The number of hydrogen-bond acceptors (Lipinski definition) is 6. The first-order chi connectivity index (χ1) is 14.1. The van der Waals surface area contributed by atoms with Gasteiger partial charge in [-0.1, -0.05) is 11.6 Å². The molecular formula is C18H19ClF3N5O3. The van der Waals surface area contributed by atoms with E-state index >= 15 is 0 Å². The lowest BCUT2D eigenvalue weighted by atomic mass is 10.2. The summed E-state index contributed by atoms with van der Waals surface area (Å²) in [7, 11) is 1.69. The van der Waals surface area contributed by atoms with Gasteiger partial charge in [-0.05, 0) is 13.0 Å². The average molecular weight is 446 g/mol. The van der Waals surface area contributed by atoms with Gasteiger partial charge in [0, 0.05) is 45.1 Å². The number of carbonyl (C=O) groups is 2. The van der Waals surface area contributed by atoms with Crippen LogP contribution in [0.5, 0.6) is 0 Å². The second kappa shape index (κ2) is 8.50. The minimum atomic E-state index is -4.52. The van der Waals surface area contributed by atoms with Gasteiger partial charge in [0.25, 0.3) is 5.91 Å². The molecule has 30 heavy (non-hydrogen) atoms. The standard InChI is InChI=1S/C18H19ClF3N5O3/c1-11-13(9-24-25(11)2)17(29)30-10-15(28)26-3-5-27(6-4-26)16-14(19)7-12(8-23-16)18(20,21)22/h7-9H,3-6,10H2,1-2H3. The predicted octanol–water partition coefficient (Wildman–Crippen LogP) is 2.30. The van der Waals surface area contributed by atoms with Crippen LogP contribution in [-0.2, 0) is 22.8 Å². The van der Waals surface area contributed by atoms with Crippen molar-refractivity contribution in [2.75, 3.05) is 37.7 Å². The molecule has 0 aliphatic carbocycles. The lowest BCUT2D eigenvalue weighted by Crippen LogP contribution is -2.50. The lowest BCUT2D eigenvalue weighted by molar-refractivity contribution is -0.138. The Bertz CT molecular complexity index is 955. The van der Waals surface area contributed by atoms with Crippen molar-refractivity contribution in [1.82, 2.24) is 19.7 Å². The van der Waals surface area contributed by atoms with Gasteiger partial charge in [-0.3, -0.25) is 9.48 Å². The second-order valence-electron chi connectivity index (χ2n) is 6.74. The van der Waals surface area contributed by atoms with Crippen molar-refractivity contribution in [2.24, 2.45) is 7.05 Å². The van der Waals surface area contributed by atoms with Crippen LogP contribution in [-0.4, -0.2) is 64.3 Å². The van der Waals surface area contributed by atoms with Crippen LogP contribution in [0.2, 0.25) is 5.02 Å². The van der Waals surface area contributed by atoms with E-state index in [1.54, 1.807) is 18.9 Å². The highest BCUT2D eigenvalue weighted by Gasteiger charge is 2.32. The number of ether oxygens (including phenoxy) is 1. The van der Waals surface area contributed by atoms with E-state index in [4.69, 9.17) is 16.3 Å². The molecule has 0 aromatic carbocycles. The molecule has 1 amide bonds. The molecule has 1 aliphatic rings. The number of anilines is 1. The number of alkyl halides is 3. The minimum Gasteiger partial charge on any atom is -0.452 e. The van der Waals surface area contributed by atoms with Crippen molar-refractivity contribution in [3.8, 4) is 0 Å². The summed E-state index contributed by atoms with van der Waals surface area (Å²) >= 11 is 5.98. The van der Waals surface area contributed by atoms with E-state index in [1.807, 2.05) is 0 Å². The van der Waals surface area contributed by atoms with Gasteiger partial charge in [0.1, 0.15) is 11.4 Å². The second-order valence-corrected chi connectivity index (χ2v) is 7.15. The van der Waals surface area contributed by atoms with E-state index in [1.165, 1.54) is 15.8 Å². The Labute approximate surface area is 175 Å². The van der Waals surface area contributed by atoms with Crippen molar-refractivity contribution >= 4 is 29.3 Å². The summed E-state index contributed by atoms with van der Waals surface area (Å²) in [5.41, 5.74) is -0.00384. The van der Waals surface area contributed by atoms with Crippen molar-refractivity contribution in [2.45, 2.75) is 13.1 Å². The number of carbonyl (C=O) groups excluding carboxylic acids is 2. The maximum absolute atomic E-state index is 12.7. The Hall–Kier alpha value is -2.82. The van der Waals surface area contributed by atoms with Crippen LogP contribution in [0.15, 0.2) is 18.5 Å². The Morgan fingerprint density at radius 3 is 2.40 bits per heavy atom. The van der Waals surface area contributed by atoms with Crippen LogP contribution in [0.1, 0.15) is 21.6 Å². The van der Waals surface area contributed by atoms with Crippen LogP contribution in [0.25, 0.3) is 0 Å². The van der Waals surface area contributed by atoms with Crippen molar-refractivity contribution in [3.05, 3.63) is 40.3 Å². The fourth-order valence-corrected chi connectivity index (χ4v) is 3.27. The third-order valence-corrected chi connectivity index (χ3v) is 5.14. The first-order valence-corrected chi connectivity index (χ1v) is 9.37. The third kappa shape index (κ3) is 4.66. The number of amides is 1. The summed E-state index contributed by atoms with van der Waals surface area (Å²) in [5, 5.41) is 3.85. The number of piperazine rings is 1. The van der Waals surface area contributed by atoms with Gasteiger partial charge >= 0.3 is 12.1 Å². The third-order valence-electron chi connectivity index (χ3n) is 4.86. The number of esters is 1. The van der Waals surface area contributed by atoms with Gasteiger partial charge in [-0.15, -0.1) is 0 Å². The minimum absolute atomic E-state index is 0.106. The molecule has 0 radical (unpaired) electrons. The number of aromatic nitrogens is 3. The van der Waals surface area contributed by atoms with E-state index in [-0.39, 0.29) is 22.3 Å². The maximum Gasteiger partial charge on any atom is 0.417 e. The molecule has 0 unspecified atom stereocenters. The van der Waals surface area contributed by atoms with Crippen LogP contribution in [0.4, 0.5) is 19.0 Å². The van der Waals surface area contributed by atoms with E-state index < -0.39 is 24.3 Å². The smallest absolute Gasteiger partial charge is 0.417 e. The van der Waals surface area contributed by atoms with Crippen molar-refractivity contribution in [1.29, 1.82) is 0 Å². The molecule has 162 valence electrons. The zero-order valence-corrected chi connectivity index (χ0v) is 17.0. The van der Waals surface area contributed by atoms with Gasteiger partial charge < -0.3 is 14.5 Å². The molecule has 2 aromatic heterocycles. The average Bonchev–Trinajstić information content (AvgIpc) is 3.04. The lowest BCUT2D eigenvalue weighted by Gasteiger charge is -2.35. The van der Waals surface area contributed by atoms with Gasteiger partial charge in [0.15, 0.2) is 6.61 Å². The van der Waals surface area contributed by atoms with Crippen LogP contribution in [0.3, 0.4) is 0 Å². The van der Waals surface area contributed by atoms with Gasteiger partial charge in [0.2, 0.25) is 0 Å². The van der Waals surface area contributed by atoms with E-state index in [9.17, 15) is 22.8 Å².